The quantitative estimate of drug-likeness (QED) is 0.798. The Morgan fingerprint density at radius 2 is 1.61 bits per heavy atom. The summed E-state index contributed by atoms with van der Waals surface area (Å²) in [5.74, 6) is -1.30. The maximum Gasteiger partial charge on any atom is 0.387 e. The highest BCUT2D eigenvalue weighted by Crippen LogP contribution is 2.31. The van der Waals surface area contributed by atoms with Crippen LogP contribution in [0.3, 0.4) is 0 Å². The van der Waals surface area contributed by atoms with Crippen molar-refractivity contribution in [1.29, 1.82) is 0 Å². The van der Waals surface area contributed by atoms with Crippen LogP contribution in [0.1, 0.15) is 12.5 Å². The van der Waals surface area contributed by atoms with Crippen LogP contribution in [0.25, 0.3) is 0 Å². The van der Waals surface area contributed by atoms with Crippen LogP contribution in [0.15, 0.2) is 24.3 Å². The molecular formula is C12H16F2O4. The summed E-state index contributed by atoms with van der Waals surface area (Å²) in [5, 5.41) is 9.73. The van der Waals surface area contributed by atoms with E-state index in [-0.39, 0.29) is 5.75 Å². The zero-order valence-electron chi connectivity index (χ0n) is 10.4. The number of hydrogen-bond acceptors (Lipinski definition) is 4. The first-order chi connectivity index (χ1) is 8.46. The summed E-state index contributed by atoms with van der Waals surface area (Å²) in [4.78, 5) is 0. The fourth-order valence-corrected chi connectivity index (χ4v) is 1.77. The predicted octanol–water partition coefficient (Wildman–Crippen LogP) is 2.11. The number of ether oxygens (including phenoxy) is 3. The molecule has 0 aliphatic rings. The Kier molecular flexibility index (Phi) is 5.01. The molecule has 0 aliphatic carbocycles. The second-order valence-corrected chi connectivity index (χ2v) is 3.65. The molecule has 1 aromatic carbocycles. The Morgan fingerprint density at radius 1 is 1.11 bits per heavy atom. The van der Waals surface area contributed by atoms with E-state index in [4.69, 9.17) is 9.47 Å². The molecule has 6 heteroatoms. The largest absolute Gasteiger partial charge is 0.435 e. The second-order valence-electron chi connectivity index (χ2n) is 3.65. The van der Waals surface area contributed by atoms with E-state index < -0.39 is 18.5 Å². The number of aliphatic hydroxyl groups is 1. The van der Waals surface area contributed by atoms with Gasteiger partial charge in [-0.2, -0.15) is 8.78 Å². The molecule has 1 aromatic rings. The van der Waals surface area contributed by atoms with Gasteiger partial charge in [-0.3, -0.25) is 0 Å². The third kappa shape index (κ3) is 2.95. The molecule has 0 saturated carbocycles. The number of halogens is 2. The van der Waals surface area contributed by atoms with Crippen molar-refractivity contribution in [2.75, 3.05) is 14.2 Å². The van der Waals surface area contributed by atoms with Gasteiger partial charge in [0, 0.05) is 19.8 Å². The first-order valence-electron chi connectivity index (χ1n) is 5.30. The molecule has 102 valence electrons. The van der Waals surface area contributed by atoms with Crippen LogP contribution in [0.4, 0.5) is 8.78 Å². The van der Waals surface area contributed by atoms with Crippen molar-refractivity contribution in [3.05, 3.63) is 29.8 Å². The lowest BCUT2D eigenvalue weighted by Crippen LogP contribution is -2.41. The molecule has 0 radical (unpaired) electrons. The summed E-state index contributed by atoms with van der Waals surface area (Å²) in [6.07, 6.45) is -0.936. The molecule has 0 heterocycles. The first kappa shape index (κ1) is 14.8. The van der Waals surface area contributed by atoms with Crippen molar-refractivity contribution in [3.8, 4) is 5.75 Å². The van der Waals surface area contributed by atoms with Gasteiger partial charge in [0.25, 0.3) is 0 Å². The minimum absolute atomic E-state index is 0.0282. The van der Waals surface area contributed by atoms with Gasteiger partial charge in [-0.05, 0) is 31.2 Å². The SMILES string of the molecule is COC(OC)(c1ccc(OC(F)F)cc1)C(C)O. The Labute approximate surface area is 104 Å². The molecular weight excluding hydrogens is 246 g/mol. The molecule has 0 amide bonds. The Balaban J connectivity index is 3.01. The van der Waals surface area contributed by atoms with Crippen LogP contribution in [-0.4, -0.2) is 32.0 Å². The fourth-order valence-electron chi connectivity index (χ4n) is 1.77. The second kappa shape index (κ2) is 6.08. The average Bonchev–Trinajstić information content (AvgIpc) is 2.32. The van der Waals surface area contributed by atoms with Gasteiger partial charge >= 0.3 is 6.61 Å². The Bertz CT molecular complexity index is 361. The van der Waals surface area contributed by atoms with Gasteiger partial charge in [-0.15, -0.1) is 0 Å². The van der Waals surface area contributed by atoms with Crippen molar-refractivity contribution in [3.63, 3.8) is 0 Å². The number of methoxy groups -OCH3 is 2. The predicted molar refractivity (Wildman–Crippen MR) is 60.5 cm³/mol. The summed E-state index contributed by atoms with van der Waals surface area (Å²) < 4.78 is 38.6. The van der Waals surface area contributed by atoms with Gasteiger partial charge in [0.15, 0.2) is 0 Å². The van der Waals surface area contributed by atoms with Crippen LogP contribution in [0, 0.1) is 0 Å². The molecule has 1 unspecified atom stereocenters. The van der Waals surface area contributed by atoms with E-state index in [0.717, 1.165) is 0 Å². The van der Waals surface area contributed by atoms with Gasteiger partial charge in [0.05, 0.1) is 0 Å². The lowest BCUT2D eigenvalue weighted by Gasteiger charge is -2.33. The van der Waals surface area contributed by atoms with E-state index in [9.17, 15) is 13.9 Å². The molecule has 1 atom stereocenters. The summed E-state index contributed by atoms with van der Waals surface area (Å²) >= 11 is 0. The number of rotatable bonds is 6. The minimum Gasteiger partial charge on any atom is -0.435 e. The molecule has 4 nitrogen and oxygen atoms in total. The molecule has 0 spiro atoms. The van der Waals surface area contributed by atoms with Crippen LogP contribution in [0.2, 0.25) is 0 Å². The van der Waals surface area contributed by atoms with E-state index in [2.05, 4.69) is 4.74 Å². The summed E-state index contributed by atoms with van der Waals surface area (Å²) in [6, 6.07) is 5.71. The van der Waals surface area contributed by atoms with Crippen molar-refractivity contribution < 1.29 is 28.1 Å². The maximum atomic E-state index is 12.0. The highest BCUT2D eigenvalue weighted by atomic mass is 19.3. The van der Waals surface area contributed by atoms with Crippen molar-refractivity contribution in [2.24, 2.45) is 0 Å². The number of aliphatic hydroxyl groups excluding tert-OH is 1. The Hall–Kier alpha value is -1.24. The Morgan fingerprint density at radius 3 is 1.94 bits per heavy atom. The smallest absolute Gasteiger partial charge is 0.387 e. The average molecular weight is 262 g/mol. The molecule has 18 heavy (non-hydrogen) atoms. The minimum atomic E-state index is -2.87. The molecule has 0 aromatic heterocycles. The van der Waals surface area contributed by atoms with Gasteiger partial charge in [0.2, 0.25) is 5.79 Å². The van der Waals surface area contributed by atoms with Crippen molar-refractivity contribution >= 4 is 0 Å². The van der Waals surface area contributed by atoms with E-state index in [0.29, 0.717) is 5.56 Å². The molecule has 1 rings (SSSR count). The van der Waals surface area contributed by atoms with E-state index in [1.807, 2.05) is 0 Å². The monoisotopic (exact) mass is 262 g/mol. The third-order valence-corrected chi connectivity index (χ3v) is 2.64. The van der Waals surface area contributed by atoms with Crippen LogP contribution < -0.4 is 4.74 Å². The number of alkyl halides is 2. The van der Waals surface area contributed by atoms with Gasteiger partial charge < -0.3 is 19.3 Å². The molecule has 0 bridgehead atoms. The topological polar surface area (TPSA) is 47.9 Å². The van der Waals surface area contributed by atoms with Gasteiger partial charge in [-0.25, -0.2) is 0 Å². The molecule has 0 fully saturated rings. The van der Waals surface area contributed by atoms with Crippen LogP contribution in [-0.2, 0) is 15.3 Å². The number of benzene rings is 1. The fraction of sp³-hybridized carbons (Fsp3) is 0.500. The number of hydrogen-bond donors (Lipinski definition) is 1. The molecule has 1 N–H and O–H groups in total. The van der Waals surface area contributed by atoms with E-state index >= 15 is 0 Å². The van der Waals surface area contributed by atoms with Gasteiger partial charge in [-0.1, -0.05) is 0 Å². The summed E-state index contributed by atoms with van der Waals surface area (Å²) in [6.45, 7) is -1.36. The van der Waals surface area contributed by atoms with E-state index in [1.165, 1.54) is 45.4 Å². The maximum absolute atomic E-state index is 12.0. The van der Waals surface area contributed by atoms with Gasteiger partial charge in [0.1, 0.15) is 11.9 Å². The van der Waals surface area contributed by atoms with Crippen molar-refractivity contribution in [1.82, 2.24) is 0 Å². The first-order valence-corrected chi connectivity index (χ1v) is 5.30. The third-order valence-electron chi connectivity index (χ3n) is 2.64. The zero-order chi connectivity index (χ0) is 13.8. The molecule has 0 aliphatic heterocycles. The highest BCUT2D eigenvalue weighted by molar-refractivity contribution is 5.30. The van der Waals surface area contributed by atoms with Crippen molar-refractivity contribution in [2.45, 2.75) is 25.4 Å². The zero-order valence-corrected chi connectivity index (χ0v) is 10.4. The normalized spacial score (nSPS) is 13.7. The molecule has 0 saturated heterocycles. The summed E-state index contributed by atoms with van der Waals surface area (Å²) in [7, 11) is 2.78. The lowest BCUT2D eigenvalue weighted by atomic mass is 10.0. The lowest BCUT2D eigenvalue weighted by molar-refractivity contribution is -0.264. The summed E-state index contributed by atoms with van der Waals surface area (Å²) in [5.41, 5.74) is 0.504. The van der Waals surface area contributed by atoms with Crippen LogP contribution >= 0.6 is 0 Å². The van der Waals surface area contributed by atoms with Crippen LogP contribution in [0.5, 0.6) is 5.75 Å². The highest BCUT2D eigenvalue weighted by Gasteiger charge is 2.37. The standard InChI is InChI=1S/C12H16F2O4/c1-8(15)12(16-2,17-3)9-4-6-10(7-5-9)18-11(13)14/h4-8,11,15H,1-3H3. The van der Waals surface area contributed by atoms with E-state index in [1.54, 1.807) is 0 Å².